The number of hydrogen-bond acceptors (Lipinski definition) is 4. The molecule has 0 saturated carbocycles. The van der Waals surface area contributed by atoms with Gasteiger partial charge in [-0.2, -0.15) is 0 Å². The third-order valence-electron chi connectivity index (χ3n) is 4.34. The number of nitrogens with zero attached hydrogens (tertiary/aromatic N) is 1. The Labute approximate surface area is 144 Å². The summed E-state index contributed by atoms with van der Waals surface area (Å²) in [6.45, 7) is 4.71. The van der Waals surface area contributed by atoms with E-state index in [9.17, 15) is 9.90 Å². The molecule has 1 aliphatic rings. The number of methoxy groups -OCH3 is 1. The minimum atomic E-state index is -0.447. The lowest BCUT2D eigenvalue weighted by molar-refractivity contribution is -0.117. The summed E-state index contributed by atoms with van der Waals surface area (Å²) in [5, 5.41) is 12.9. The topological polar surface area (TPSA) is 61.8 Å². The summed E-state index contributed by atoms with van der Waals surface area (Å²) in [4.78, 5) is 14.4. The average molecular weight is 332 g/mol. The number of piperidine rings is 1. The number of allylic oxidation sites excluding steroid dienone is 1. The number of benzene rings is 1. The number of aliphatic hydroxyl groups is 1. The molecule has 0 spiro atoms. The molecule has 0 bridgehead atoms. The Hall–Kier alpha value is -1.69. The van der Waals surface area contributed by atoms with Crippen LogP contribution in [0.1, 0.15) is 25.3 Å². The molecule has 132 valence electrons. The molecule has 0 radical (unpaired) electrons. The molecule has 1 fully saturated rings. The first-order chi connectivity index (χ1) is 11.6. The molecule has 1 aliphatic heterocycles. The fraction of sp³-hybridized carbons (Fsp3) is 0.526. The number of carbonyl (C=O) groups is 1. The third-order valence-corrected chi connectivity index (χ3v) is 4.34. The molecule has 0 aromatic heterocycles. The van der Waals surface area contributed by atoms with Gasteiger partial charge < -0.3 is 20.1 Å². The number of aliphatic hydroxyl groups excluding tert-OH is 1. The number of nitrogens with one attached hydrogen (secondary N) is 1. The summed E-state index contributed by atoms with van der Waals surface area (Å²) in [6, 6.07) is 10.1. The highest BCUT2D eigenvalue weighted by Crippen LogP contribution is 2.14. The highest BCUT2D eigenvalue weighted by atomic mass is 16.5. The van der Waals surface area contributed by atoms with E-state index in [1.807, 2.05) is 37.3 Å². The van der Waals surface area contributed by atoms with Crippen molar-refractivity contribution in [2.75, 3.05) is 33.4 Å². The van der Waals surface area contributed by atoms with Gasteiger partial charge in [-0.05, 0) is 30.9 Å². The maximum atomic E-state index is 12.2. The van der Waals surface area contributed by atoms with E-state index in [0.717, 1.165) is 37.1 Å². The average Bonchev–Trinajstić information content (AvgIpc) is 2.57. The highest BCUT2D eigenvalue weighted by Gasteiger charge is 2.21. The molecule has 1 unspecified atom stereocenters. The largest absolute Gasteiger partial charge is 0.389 e. The molecule has 0 aliphatic carbocycles. The molecule has 2 rings (SSSR count). The Balaban J connectivity index is 1.76. The fourth-order valence-electron chi connectivity index (χ4n) is 3.03. The van der Waals surface area contributed by atoms with Gasteiger partial charge in [0.2, 0.25) is 5.91 Å². The van der Waals surface area contributed by atoms with Crippen molar-refractivity contribution < 1.29 is 14.6 Å². The van der Waals surface area contributed by atoms with Crippen molar-refractivity contribution in [2.24, 2.45) is 0 Å². The van der Waals surface area contributed by atoms with Gasteiger partial charge in [-0.25, -0.2) is 0 Å². The number of carbonyl (C=O) groups excluding carboxylic acids is 1. The van der Waals surface area contributed by atoms with Gasteiger partial charge in [0.1, 0.15) is 0 Å². The normalized spacial score (nSPS) is 18.4. The fourth-order valence-corrected chi connectivity index (χ4v) is 3.03. The van der Waals surface area contributed by atoms with Crippen LogP contribution in [-0.4, -0.2) is 61.4 Å². The van der Waals surface area contributed by atoms with E-state index in [4.69, 9.17) is 4.74 Å². The molecular formula is C19H28N2O3. The zero-order chi connectivity index (χ0) is 17.4. The van der Waals surface area contributed by atoms with Crippen LogP contribution < -0.4 is 5.32 Å². The molecule has 5 nitrogen and oxygen atoms in total. The SMILES string of the molecule is COCC(O)CN1CCC(NC(=O)/C=C(/C)c2ccccc2)CC1. The van der Waals surface area contributed by atoms with Crippen LogP contribution in [0.4, 0.5) is 0 Å². The molecule has 1 saturated heterocycles. The molecule has 1 heterocycles. The summed E-state index contributed by atoms with van der Waals surface area (Å²) in [5.41, 5.74) is 2.03. The minimum Gasteiger partial charge on any atom is -0.389 e. The molecule has 1 amide bonds. The van der Waals surface area contributed by atoms with Crippen LogP contribution in [0.2, 0.25) is 0 Å². The van der Waals surface area contributed by atoms with Crippen molar-refractivity contribution in [1.82, 2.24) is 10.2 Å². The van der Waals surface area contributed by atoms with E-state index < -0.39 is 6.10 Å². The van der Waals surface area contributed by atoms with Crippen molar-refractivity contribution in [3.63, 3.8) is 0 Å². The molecule has 1 aromatic rings. The molecule has 5 heteroatoms. The summed E-state index contributed by atoms with van der Waals surface area (Å²) in [6.07, 6.45) is 3.04. The van der Waals surface area contributed by atoms with Crippen molar-refractivity contribution >= 4 is 11.5 Å². The monoisotopic (exact) mass is 332 g/mol. The van der Waals surface area contributed by atoms with E-state index in [1.165, 1.54) is 0 Å². The first kappa shape index (κ1) is 18.6. The van der Waals surface area contributed by atoms with Crippen molar-refractivity contribution in [3.05, 3.63) is 42.0 Å². The second-order valence-corrected chi connectivity index (χ2v) is 6.39. The summed E-state index contributed by atoms with van der Waals surface area (Å²) in [5.74, 6) is -0.0331. The van der Waals surface area contributed by atoms with E-state index in [1.54, 1.807) is 13.2 Å². The van der Waals surface area contributed by atoms with Crippen LogP contribution in [0.15, 0.2) is 36.4 Å². The van der Waals surface area contributed by atoms with Gasteiger partial charge >= 0.3 is 0 Å². The number of hydrogen-bond donors (Lipinski definition) is 2. The van der Waals surface area contributed by atoms with Crippen LogP contribution in [0.5, 0.6) is 0 Å². The lowest BCUT2D eigenvalue weighted by Gasteiger charge is -2.33. The molecule has 1 atom stereocenters. The zero-order valence-electron chi connectivity index (χ0n) is 14.6. The molecule has 24 heavy (non-hydrogen) atoms. The first-order valence-corrected chi connectivity index (χ1v) is 8.52. The Morgan fingerprint density at radius 2 is 2.04 bits per heavy atom. The summed E-state index contributed by atoms with van der Waals surface area (Å²) < 4.78 is 4.95. The predicted octanol–water partition coefficient (Wildman–Crippen LogP) is 1.68. The second-order valence-electron chi connectivity index (χ2n) is 6.39. The summed E-state index contributed by atoms with van der Waals surface area (Å²) >= 11 is 0. The van der Waals surface area contributed by atoms with Gasteiger partial charge in [0.05, 0.1) is 12.7 Å². The smallest absolute Gasteiger partial charge is 0.244 e. The molecular weight excluding hydrogens is 304 g/mol. The Morgan fingerprint density at radius 3 is 2.67 bits per heavy atom. The number of β-amino-alcohol motifs (C(OH)–C–C–N with tert-alkyl or cyclic N) is 1. The zero-order valence-corrected chi connectivity index (χ0v) is 14.6. The van der Waals surface area contributed by atoms with Crippen LogP contribution >= 0.6 is 0 Å². The first-order valence-electron chi connectivity index (χ1n) is 8.52. The molecule has 2 N–H and O–H groups in total. The van der Waals surface area contributed by atoms with Crippen LogP contribution in [0.3, 0.4) is 0 Å². The van der Waals surface area contributed by atoms with Crippen molar-refractivity contribution in [2.45, 2.75) is 31.9 Å². The van der Waals surface area contributed by atoms with Gasteiger partial charge in [-0.15, -0.1) is 0 Å². The lowest BCUT2D eigenvalue weighted by Crippen LogP contribution is -2.46. The van der Waals surface area contributed by atoms with E-state index in [-0.39, 0.29) is 11.9 Å². The van der Waals surface area contributed by atoms with Gasteiger partial charge in [0, 0.05) is 38.9 Å². The second kappa shape index (κ2) is 9.57. The van der Waals surface area contributed by atoms with Gasteiger partial charge in [0.25, 0.3) is 0 Å². The van der Waals surface area contributed by atoms with Crippen LogP contribution in [-0.2, 0) is 9.53 Å². The van der Waals surface area contributed by atoms with Gasteiger partial charge in [0.15, 0.2) is 0 Å². The van der Waals surface area contributed by atoms with Gasteiger partial charge in [-0.3, -0.25) is 4.79 Å². The maximum absolute atomic E-state index is 12.2. The van der Waals surface area contributed by atoms with Crippen LogP contribution in [0, 0.1) is 0 Å². The predicted molar refractivity (Wildman–Crippen MR) is 95.6 cm³/mol. The number of ether oxygens (including phenoxy) is 1. The summed E-state index contributed by atoms with van der Waals surface area (Å²) in [7, 11) is 1.59. The molecule has 1 aromatic carbocycles. The third kappa shape index (κ3) is 6.07. The Morgan fingerprint density at radius 1 is 1.38 bits per heavy atom. The maximum Gasteiger partial charge on any atom is 0.244 e. The van der Waals surface area contributed by atoms with E-state index in [0.29, 0.717) is 13.2 Å². The van der Waals surface area contributed by atoms with Gasteiger partial charge in [-0.1, -0.05) is 30.3 Å². The van der Waals surface area contributed by atoms with Crippen LogP contribution in [0.25, 0.3) is 5.57 Å². The number of amides is 1. The van der Waals surface area contributed by atoms with Crippen molar-refractivity contribution in [1.29, 1.82) is 0 Å². The highest BCUT2D eigenvalue weighted by molar-refractivity contribution is 5.94. The number of likely N-dealkylation sites (tertiary alicyclic amines) is 1. The van der Waals surface area contributed by atoms with E-state index in [2.05, 4.69) is 10.2 Å². The standard InChI is InChI=1S/C19H28N2O3/c1-15(16-6-4-3-5-7-16)12-19(23)20-17-8-10-21(11-9-17)13-18(22)14-24-2/h3-7,12,17-18,22H,8-11,13-14H2,1-2H3,(H,20,23)/b15-12-. The lowest BCUT2D eigenvalue weighted by atomic mass is 10.0. The minimum absolute atomic E-state index is 0.0331. The Bertz CT molecular complexity index is 537. The quantitative estimate of drug-likeness (QED) is 0.746. The van der Waals surface area contributed by atoms with Crippen molar-refractivity contribution in [3.8, 4) is 0 Å². The number of rotatable bonds is 7. The van der Waals surface area contributed by atoms with E-state index >= 15 is 0 Å². The Kier molecular flexibility index (Phi) is 7.43.